The van der Waals surface area contributed by atoms with E-state index in [4.69, 9.17) is 0 Å². The Morgan fingerprint density at radius 3 is 1.21 bits per heavy atom. The monoisotopic (exact) mass is 466 g/mol. The summed E-state index contributed by atoms with van der Waals surface area (Å²) in [5, 5.41) is 10.3. The van der Waals surface area contributed by atoms with Gasteiger partial charge in [-0.2, -0.15) is 73.9 Å². The number of hydrogen-bond acceptors (Lipinski definition) is 2. The van der Waals surface area contributed by atoms with Gasteiger partial charge in [0.1, 0.15) is 11.3 Å². The first kappa shape index (κ1) is 27.4. The second-order valence-electron chi connectivity index (χ2n) is 6.81. The Morgan fingerprint density at radius 2 is 0.879 bits per heavy atom. The van der Waals surface area contributed by atoms with Crippen molar-refractivity contribution in [2.75, 3.05) is 0 Å². The van der Waals surface area contributed by atoms with Gasteiger partial charge in [0.15, 0.2) is 0 Å². The smallest absolute Gasteiger partial charge is 0.506 e. The van der Waals surface area contributed by atoms with Gasteiger partial charge in [0.05, 0.1) is 0 Å². The van der Waals surface area contributed by atoms with Crippen LogP contribution < -0.4 is 0 Å². The molecule has 0 aliphatic carbocycles. The minimum absolute atomic E-state index is 0. The predicted octanol–water partition coefficient (Wildman–Crippen LogP) is 7.54. The summed E-state index contributed by atoms with van der Waals surface area (Å²) in [7, 11) is 0. The number of rotatable bonds is 0. The summed E-state index contributed by atoms with van der Waals surface area (Å²) in [6.45, 7) is 11.2. The number of nitrogens with zero attached hydrogens (tertiary/aromatic N) is 1. The molecule has 5 aromatic rings. The number of phenolic OH excluding ortho intramolecular Hbond substituents is 1. The van der Waals surface area contributed by atoms with Crippen molar-refractivity contribution in [2.24, 2.45) is 0 Å². The zero-order valence-electron chi connectivity index (χ0n) is 18.6. The van der Waals surface area contributed by atoms with Crippen LogP contribution in [0.25, 0.3) is 10.9 Å². The molecule has 3 heteroatoms. The Labute approximate surface area is 212 Å². The van der Waals surface area contributed by atoms with E-state index in [1.54, 1.807) is 18.3 Å². The van der Waals surface area contributed by atoms with E-state index in [1.165, 1.54) is 0 Å². The van der Waals surface area contributed by atoms with Gasteiger partial charge in [0, 0.05) is 11.6 Å². The fourth-order valence-corrected chi connectivity index (χ4v) is 2.52. The van der Waals surface area contributed by atoms with E-state index < -0.39 is 0 Å². The van der Waals surface area contributed by atoms with Gasteiger partial charge in [-0.15, -0.1) is 36.4 Å². The van der Waals surface area contributed by atoms with E-state index in [-0.39, 0.29) is 27.5 Å². The number of aromatic hydroxyl groups is 1. The van der Waals surface area contributed by atoms with Crippen molar-refractivity contribution in [2.45, 2.75) is 0 Å². The van der Waals surface area contributed by atoms with Crippen LogP contribution in [0, 0.1) is 20.8 Å². The third-order valence-electron chi connectivity index (χ3n) is 4.14. The molecule has 0 unspecified atom stereocenters. The van der Waals surface area contributed by atoms with Crippen LogP contribution >= 0.6 is 0 Å². The van der Waals surface area contributed by atoms with Crippen LogP contribution in [-0.4, -0.2) is 10.1 Å². The van der Waals surface area contributed by atoms with Gasteiger partial charge in [-0.3, -0.25) is 4.98 Å². The molecular weight excluding hydrogens is 438 g/mol. The molecule has 33 heavy (non-hydrogen) atoms. The molecule has 0 aliphatic heterocycles. The average Bonchev–Trinajstić information content (AvgIpc) is 2.82. The quantitative estimate of drug-likeness (QED) is 0.189. The third kappa shape index (κ3) is 11.6. The first-order valence-electron chi connectivity index (χ1n) is 10.2. The summed E-state index contributed by atoms with van der Waals surface area (Å²) in [6, 6.07) is 38.7. The van der Waals surface area contributed by atoms with Crippen molar-refractivity contribution in [1.29, 1.82) is 0 Å². The van der Waals surface area contributed by atoms with E-state index in [0.717, 1.165) is 22.1 Å². The number of para-hydroxylation sites is 1. The van der Waals surface area contributed by atoms with E-state index in [1.807, 2.05) is 109 Å². The molecule has 4 aromatic carbocycles. The van der Waals surface area contributed by atoms with Crippen molar-refractivity contribution in [3.05, 3.63) is 165 Å². The average molecular weight is 466 g/mol. The minimum Gasteiger partial charge on any atom is -0.506 e. The summed E-state index contributed by atoms with van der Waals surface area (Å²) in [5.74, 6) is 0.239. The summed E-state index contributed by atoms with van der Waals surface area (Å²) in [6.07, 6.45) is 1.67. The number of pyridine rings is 1. The van der Waals surface area contributed by atoms with Crippen LogP contribution in [0.5, 0.6) is 5.75 Å². The molecule has 1 aromatic heterocycles. The molecule has 1 N–H and O–H groups in total. The Morgan fingerprint density at radius 1 is 0.485 bits per heavy atom. The Kier molecular flexibility index (Phi) is 13.4. The standard InChI is InChI=1S/C9H7NO.3C7H7.Ti/c11-8-5-1-3-7-4-2-6-10-9(7)8;3*1-7-5-3-2-4-6-7;/h1-6,11H;3*2-6H,1H2;/q;3*-1;+3. The maximum atomic E-state index is 9.31. The molecule has 0 amide bonds. The van der Waals surface area contributed by atoms with Crippen LogP contribution in [0.15, 0.2) is 128 Å². The fraction of sp³-hybridized carbons (Fsp3) is 0. The fourth-order valence-electron chi connectivity index (χ4n) is 2.52. The molecule has 0 atom stereocenters. The molecule has 0 saturated carbocycles. The number of hydrogen-bond donors (Lipinski definition) is 1. The molecule has 0 aliphatic rings. The maximum Gasteiger partial charge on any atom is 3.00 e. The second-order valence-corrected chi connectivity index (χ2v) is 6.81. The summed E-state index contributed by atoms with van der Waals surface area (Å²) in [5.41, 5.74) is 3.88. The first-order valence-corrected chi connectivity index (χ1v) is 10.2. The maximum absolute atomic E-state index is 9.31. The molecule has 0 saturated heterocycles. The zero-order valence-corrected chi connectivity index (χ0v) is 20.2. The van der Waals surface area contributed by atoms with Crippen LogP contribution in [0.1, 0.15) is 16.7 Å². The van der Waals surface area contributed by atoms with Crippen molar-refractivity contribution in [3.8, 4) is 5.75 Å². The van der Waals surface area contributed by atoms with Gasteiger partial charge in [-0.1, -0.05) is 36.4 Å². The molecule has 0 fully saturated rings. The van der Waals surface area contributed by atoms with Gasteiger partial charge in [0.2, 0.25) is 0 Å². The largest absolute Gasteiger partial charge is 3.00 e. The zero-order chi connectivity index (χ0) is 23.0. The molecule has 2 nitrogen and oxygen atoms in total. The summed E-state index contributed by atoms with van der Waals surface area (Å²) in [4.78, 5) is 4.03. The summed E-state index contributed by atoms with van der Waals surface area (Å²) >= 11 is 0. The topological polar surface area (TPSA) is 33.1 Å². The number of aromatic nitrogens is 1. The van der Waals surface area contributed by atoms with Crippen LogP contribution in [0.3, 0.4) is 0 Å². The molecule has 0 spiro atoms. The van der Waals surface area contributed by atoms with Crippen molar-refractivity contribution in [1.82, 2.24) is 4.98 Å². The van der Waals surface area contributed by atoms with Gasteiger partial charge >= 0.3 is 21.7 Å². The molecule has 1 radical (unpaired) electrons. The van der Waals surface area contributed by atoms with Crippen LogP contribution in [-0.2, 0) is 21.7 Å². The molecule has 163 valence electrons. The van der Waals surface area contributed by atoms with Crippen LogP contribution in [0.4, 0.5) is 0 Å². The SMILES string of the molecule is Oc1cccc2cccnc12.[CH2-]c1ccccc1.[CH2-]c1ccccc1.[CH2-]c1ccccc1.[Ti+3]. The normalized spacial score (nSPS) is 8.85. The van der Waals surface area contributed by atoms with Crippen molar-refractivity contribution in [3.63, 3.8) is 0 Å². The predicted molar refractivity (Wildman–Crippen MR) is 136 cm³/mol. The number of fused-ring (bicyclic) bond motifs is 1. The van der Waals surface area contributed by atoms with Gasteiger partial charge < -0.3 is 5.11 Å². The van der Waals surface area contributed by atoms with Gasteiger partial charge in [0.25, 0.3) is 0 Å². The Bertz CT molecular complexity index is 1050. The first-order chi connectivity index (χ1) is 15.6. The summed E-state index contributed by atoms with van der Waals surface area (Å²) < 4.78 is 0. The number of phenols is 1. The van der Waals surface area contributed by atoms with E-state index >= 15 is 0 Å². The van der Waals surface area contributed by atoms with E-state index in [2.05, 4.69) is 25.8 Å². The Hall–Kier alpha value is -3.59. The van der Waals surface area contributed by atoms with E-state index in [0.29, 0.717) is 5.52 Å². The second kappa shape index (κ2) is 16.1. The van der Waals surface area contributed by atoms with Crippen molar-refractivity contribution < 1.29 is 26.8 Å². The molecule has 5 rings (SSSR count). The number of benzene rings is 4. The van der Waals surface area contributed by atoms with Crippen LogP contribution in [0.2, 0.25) is 0 Å². The molecule has 1 heterocycles. The molecular formula is C30H28NOTi. The van der Waals surface area contributed by atoms with E-state index in [9.17, 15) is 5.11 Å². The van der Waals surface area contributed by atoms with Gasteiger partial charge in [-0.25, -0.2) is 0 Å². The molecule has 0 bridgehead atoms. The van der Waals surface area contributed by atoms with Gasteiger partial charge in [-0.05, 0) is 12.1 Å². The third-order valence-corrected chi connectivity index (χ3v) is 4.14. The Balaban J connectivity index is 0.000000223. The minimum atomic E-state index is 0. The van der Waals surface area contributed by atoms with Crippen molar-refractivity contribution >= 4 is 10.9 Å².